The fourth-order valence-corrected chi connectivity index (χ4v) is 2.52. The quantitative estimate of drug-likeness (QED) is 0.851. The number of hydrogen-bond donors (Lipinski definition) is 1. The van der Waals surface area contributed by atoms with Crippen molar-refractivity contribution in [2.24, 2.45) is 5.73 Å². The van der Waals surface area contributed by atoms with Crippen LogP contribution >= 0.6 is 0 Å². The van der Waals surface area contributed by atoms with Crippen LogP contribution in [0.15, 0.2) is 6.07 Å². The van der Waals surface area contributed by atoms with E-state index >= 15 is 0 Å². The first-order valence-electron chi connectivity index (χ1n) is 6.43. The highest BCUT2D eigenvalue weighted by Crippen LogP contribution is 2.28. The van der Waals surface area contributed by atoms with Crippen LogP contribution in [0.2, 0.25) is 0 Å². The highest BCUT2D eigenvalue weighted by molar-refractivity contribution is 5.78. The third kappa shape index (κ3) is 2.67. The lowest BCUT2D eigenvalue weighted by Crippen LogP contribution is -2.42. The predicted molar refractivity (Wildman–Crippen MR) is 68.9 cm³/mol. The smallest absolute Gasteiger partial charge is 0.236 e. The Labute approximate surface area is 107 Å². The van der Waals surface area contributed by atoms with Crippen LogP contribution in [0.25, 0.3) is 0 Å². The molecule has 0 unspecified atom stereocenters. The molecule has 1 aromatic rings. The molecular weight excluding hydrogens is 228 g/mol. The molecule has 1 aliphatic heterocycles. The van der Waals surface area contributed by atoms with Gasteiger partial charge in [0.25, 0.3) is 0 Å². The molecule has 0 radical (unpaired) electrons. The summed E-state index contributed by atoms with van der Waals surface area (Å²) in [6.07, 6.45) is 3.07. The van der Waals surface area contributed by atoms with Gasteiger partial charge in [0, 0.05) is 17.9 Å². The van der Waals surface area contributed by atoms with Crippen LogP contribution in [0.5, 0.6) is 0 Å². The Morgan fingerprint density at radius 3 is 2.67 bits per heavy atom. The maximum Gasteiger partial charge on any atom is 0.236 e. The van der Waals surface area contributed by atoms with Crippen LogP contribution < -0.4 is 5.73 Å². The predicted octanol–water partition coefficient (Wildman–Crippen LogP) is 1.11. The fraction of sp³-hybridized carbons (Fsp3) is 0.615. The Morgan fingerprint density at radius 1 is 1.39 bits per heavy atom. The minimum absolute atomic E-state index is 0.00611. The first-order valence-corrected chi connectivity index (χ1v) is 6.43. The van der Waals surface area contributed by atoms with E-state index in [1.807, 2.05) is 24.8 Å². The number of piperidine rings is 1. The number of nitrogens with zero attached hydrogens (tertiary/aromatic N) is 3. The van der Waals surface area contributed by atoms with Gasteiger partial charge in [0.1, 0.15) is 0 Å². The number of aryl methyl sites for hydroxylation is 2. The van der Waals surface area contributed by atoms with Gasteiger partial charge in [-0.05, 0) is 39.2 Å². The second kappa shape index (κ2) is 5.44. The normalized spacial score (nSPS) is 19.9. The van der Waals surface area contributed by atoms with Crippen LogP contribution in [0, 0.1) is 13.8 Å². The Morgan fingerprint density at radius 2 is 2.06 bits per heavy atom. The van der Waals surface area contributed by atoms with Gasteiger partial charge in [-0.3, -0.25) is 4.79 Å². The molecule has 1 fully saturated rings. The van der Waals surface area contributed by atoms with Crippen molar-refractivity contribution >= 4 is 5.91 Å². The van der Waals surface area contributed by atoms with Gasteiger partial charge < -0.3 is 10.6 Å². The Bertz CT molecular complexity index is 426. The van der Waals surface area contributed by atoms with Gasteiger partial charge >= 0.3 is 0 Å². The highest BCUT2D eigenvalue weighted by atomic mass is 16.2. The zero-order valence-electron chi connectivity index (χ0n) is 11.0. The molecule has 0 spiro atoms. The van der Waals surface area contributed by atoms with E-state index in [-0.39, 0.29) is 18.5 Å². The van der Waals surface area contributed by atoms with Crippen LogP contribution in [0.1, 0.15) is 42.5 Å². The molecule has 0 saturated carbocycles. The largest absolute Gasteiger partial charge is 0.331 e. The molecule has 0 bridgehead atoms. The van der Waals surface area contributed by atoms with E-state index in [2.05, 4.69) is 9.97 Å². The minimum atomic E-state index is -0.0116. The molecule has 1 aromatic heterocycles. The molecule has 1 aliphatic rings. The number of rotatable bonds is 2. The zero-order valence-corrected chi connectivity index (χ0v) is 11.0. The Kier molecular flexibility index (Phi) is 3.91. The van der Waals surface area contributed by atoms with Gasteiger partial charge in [0.2, 0.25) is 5.91 Å². The molecule has 0 aromatic carbocycles. The summed E-state index contributed by atoms with van der Waals surface area (Å²) in [6, 6.07) is 1.94. The number of amides is 1. The summed E-state index contributed by atoms with van der Waals surface area (Å²) >= 11 is 0. The summed E-state index contributed by atoms with van der Waals surface area (Å²) in [5.74, 6) is 0.747. The third-order valence-electron chi connectivity index (χ3n) is 3.30. The van der Waals surface area contributed by atoms with Crippen molar-refractivity contribution in [3.63, 3.8) is 0 Å². The monoisotopic (exact) mass is 248 g/mol. The summed E-state index contributed by atoms with van der Waals surface area (Å²) < 4.78 is 0. The standard InChI is InChI=1S/C13H20N4O/c1-9-7-10(2)16-13(15-9)11-5-3-4-6-17(11)12(18)8-14/h7,11H,3-6,8,14H2,1-2H3/t11-/m1/s1. The summed E-state index contributed by atoms with van der Waals surface area (Å²) in [7, 11) is 0. The molecule has 2 N–H and O–H groups in total. The van der Waals surface area contributed by atoms with E-state index < -0.39 is 0 Å². The summed E-state index contributed by atoms with van der Waals surface area (Å²) in [5, 5.41) is 0. The summed E-state index contributed by atoms with van der Waals surface area (Å²) in [6.45, 7) is 4.73. The molecule has 1 atom stereocenters. The molecule has 18 heavy (non-hydrogen) atoms. The van der Waals surface area contributed by atoms with Crippen molar-refractivity contribution in [3.8, 4) is 0 Å². The average molecular weight is 248 g/mol. The molecule has 1 amide bonds. The summed E-state index contributed by atoms with van der Waals surface area (Å²) in [5.41, 5.74) is 7.37. The number of nitrogens with two attached hydrogens (primary N) is 1. The van der Waals surface area contributed by atoms with Gasteiger partial charge in [-0.15, -0.1) is 0 Å². The molecule has 1 saturated heterocycles. The number of carbonyl (C=O) groups excluding carboxylic acids is 1. The fourth-order valence-electron chi connectivity index (χ4n) is 2.52. The Balaban J connectivity index is 2.30. The maximum absolute atomic E-state index is 11.9. The van der Waals surface area contributed by atoms with E-state index in [1.54, 1.807) is 0 Å². The highest BCUT2D eigenvalue weighted by Gasteiger charge is 2.29. The van der Waals surface area contributed by atoms with E-state index in [1.165, 1.54) is 0 Å². The molecule has 5 nitrogen and oxygen atoms in total. The second-order valence-corrected chi connectivity index (χ2v) is 4.81. The number of likely N-dealkylation sites (tertiary alicyclic amines) is 1. The minimum Gasteiger partial charge on any atom is -0.331 e. The van der Waals surface area contributed by atoms with Gasteiger partial charge in [-0.1, -0.05) is 0 Å². The van der Waals surface area contributed by atoms with Crippen molar-refractivity contribution in [3.05, 3.63) is 23.3 Å². The van der Waals surface area contributed by atoms with Crippen molar-refractivity contribution in [2.45, 2.75) is 39.2 Å². The number of aromatic nitrogens is 2. The van der Waals surface area contributed by atoms with Crippen LogP contribution in [0.4, 0.5) is 0 Å². The molecule has 0 aliphatic carbocycles. The maximum atomic E-state index is 11.9. The average Bonchev–Trinajstić information content (AvgIpc) is 2.36. The van der Waals surface area contributed by atoms with E-state index in [9.17, 15) is 4.79 Å². The SMILES string of the molecule is Cc1cc(C)nc([C@H]2CCCCN2C(=O)CN)n1. The lowest BCUT2D eigenvalue weighted by Gasteiger charge is -2.34. The van der Waals surface area contributed by atoms with Gasteiger partial charge in [0.15, 0.2) is 5.82 Å². The first kappa shape index (κ1) is 13.0. The van der Waals surface area contributed by atoms with Crippen LogP contribution in [-0.4, -0.2) is 33.9 Å². The second-order valence-electron chi connectivity index (χ2n) is 4.81. The van der Waals surface area contributed by atoms with Crippen molar-refractivity contribution < 1.29 is 4.79 Å². The van der Waals surface area contributed by atoms with Crippen molar-refractivity contribution in [2.75, 3.05) is 13.1 Å². The third-order valence-corrected chi connectivity index (χ3v) is 3.30. The van der Waals surface area contributed by atoms with Crippen molar-refractivity contribution in [1.82, 2.24) is 14.9 Å². The first-order chi connectivity index (χ1) is 8.61. The molecule has 5 heteroatoms. The zero-order chi connectivity index (χ0) is 13.1. The molecule has 98 valence electrons. The lowest BCUT2D eigenvalue weighted by molar-refractivity contribution is -0.133. The van der Waals surface area contributed by atoms with Gasteiger partial charge in [-0.2, -0.15) is 0 Å². The van der Waals surface area contributed by atoms with Gasteiger partial charge in [0.05, 0.1) is 12.6 Å². The number of hydrogen-bond acceptors (Lipinski definition) is 4. The van der Waals surface area contributed by atoms with Crippen LogP contribution in [0.3, 0.4) is 0 Å². The van der Waals surface area contributed by atoms with Crippen LogP contribution in [-0.2, 0) is 4.79 Å². The summed E-state index contributed by atoms with van der Waals surface area (Å²) in [4.78, 5) is 22.7. The Hall–Kier alpha value is -1.49. The van der Waals surface area contributed by atoms with E-state index in [4.69, 9.17) is 5.73 Å². The van der Waals surface area contributed by atoms with Crippen molar-refractivity contribution in [1.29, 1.82) is 0 Å². The van der Waals surface area contributed by atoms with E-state index in [0.717, 1.165) is 43.0 Å². The molecule has 2 heterocycles. The molecular formula is C13H20N4O. The topological polar surface area (TPSA) is 72.1 Å². The van der Waals surface area contributed by atoms with E-state index in [0.29, 0.717) is 0 Å². The van der Waals surface area contributed by atoms with Gasteiger partial charge in [-0.25, -0.2) is 9.97 Å². The number of carbonyl (C=O) groups is 1. The lowest BCUT2D eigenvalue weighted by atomic mass is 10.0. The molecule has 2 rings (SSSR count).